The van der Waals surface area contributed by atoms with Gasteiger partial charge in [0.25, 0.3) is 0 Å². The van der Waals surface area contributed by atoms with Crippen LogP contribution in [0.1, 0.15) is 6.42 Å². The summed E-state index contributed by atoms with van der Waals surface area (Å²) >= 11 is 2.10. The normalized spacial score (nSPS) is 34.2. The van der Waals surface area contributed by atoms with Crippen molar-refractivity contribution >= 4 is 11.8 Å². The first-order chi connectivity index (χ1) is 7.40. The predicted molar refractivity (Wildman–Crippen MR) is 65.5 cm³/mol. The molecule has 2 aliphatic rings. The van der Waals surface area contributed by atoms with Gasteiger partial charge in [-0.25, -0.2) is 0 Å². The third kappa shape index (κ3) is 3.34. The molecule has 0 amide bonds. The Morgan fingerprint density at radius 3 is 3.13 bits per heavy atom. The van der Waals surface area contributed by atoms with Crippen LogP contribution in [0.25, 0.3) is 0 Å². The topological polar surface area (TPSA) is 24.5 Å². The molecule has 0 spiro atoms. The maximum Gasteiger partial charge on any atom is 0.0623 e. The van der Waals surface area contributed by atoms with Crippen LogP contribution in [0.3, 0.4) is 0 Å². The Kier molecular flexibility index (Phi) is 4.75. The van der Waals surface area contributed by atoms with Gasteiger partial charge in [0, 0.05) is 30.8 Å². The van der Waals surface area contributed by atoms with E-state index in [0.29, 0.717) is 12.0 Å². The lowest BCUT2D eigenvalue weighted by Crippen LogP contribution is -2.40. The zero-order valence-corrected chi connectivity index (χ0v) is 10.4. The number of hydrogen-bond donors (Lipinski definition) is 1. The molecule has 4 heteroatoms. The van der Waals surface area contributed by atoms with Gasteiger partial charge in [-0.3, -0.25) is 0 Å². The van der Waals surface area contributed by atoms with Crippen molar-refractivity contribution in [1.82, 2.24) is 10.2 Å². The van der Waals surface area contributed by atoms with E-state index in [1.165, 1.54) is 37.6 Å². The van der Waals surface area contributed by atoms with E-state index in [1.54, 1.807) is 0 Å². The molecular formula is C11H22N2OS. The standard InChI is InChI=1S/C11H22N2OS/c1-12-11-9-14-8-10(11)7-13-3-2-5-15-6-4-13/h10-12H,2-9H2,1H3. The highest BCUT2D eigenvalue weighted by Gasteiger charge is 2.28. The van der Waals surface area contributed by atoms with Gasteiger partial charge in [0.1, 0.15) is 0 Å². The van der Waals surface area contributed by atoms with Gasteiger partial charge in [-0.15, -0.1) is 0 Å². The summed E-state index contributed by atoms with van der Waals surface area (Å²) < 4.78 is 5.54. The van der Waals surface area contributed by atoms with Gasteiger partial charge in [0.2, 0.25) is 0 Å². The van der Waals surface area contributed by atoms with E-state index in [1.807, 2.05) is 7.05 Å². The molecule has 2 fully saturated rings. The molecule has 2 heterocycles. The second-order valence-corrected chi connectivity index (χ2v) is 5.68. The Labute approximate surface area is 96.9 Å². The molecular weight excluding hydrogens is 208 g/mol. The van der Waals surface area contributed by atoms with E-state index < -0.39 is 0 Å². The summed E-state index contributed by atoms with van der Waals surface area (Å²) in [6.45, 7) is 5.59. The molecule has 0 bridgehead atoms. The van der Waals surface area contributed by atoms with Crippen molar-refractivity contribution in [3.8, 4) is 0 Å². The summed E-state index contributed by atoms with van der Waals surface area (Å²) in [5.41, 5.74) is 0. The molecule has 0 saturated carbocycles. The van der Waals surface area contributed by atoms with Crippen LogP contribution >= 0.6 is 11.8 Å². The second kappa shape index (κ2) is 6.09. The lowest BCUT2D eigenvalue weighted by Gasteiger charge is -2.25. The first-order valence-electron chi connectivity index (χ1n) is 5.95. The Morgan fingerprint density at radius 1 is 1.33 bits per heavy atom. The molecule has 2 unspecified atom stereocenters. The predicted octanol–water partition coefficient (Wildman–Crippen LogP) is 0.660. The molecule has 1 N–H and O–H groups in total. The summed E-state index contributed by atoms with van der Waals surface area (Å²) in [7, 11) is 2.05. The van der Waals surface area contributed by atoms with Crippen LogP contribution in [-0.4, -0.2) is 62.3 Å². The summed E-state index contributed by atoms with van der Waals surface area (Å²) in [5.74, 6) is 3.34. The van der Waals surface area contributed by atoms with Crippen molar-refractivity contribution in [2.45, 2.75) is 12.5 Å². The Morgan fingerprint density at radius 2 is 2.27 bits per heavy atom. The van der Waals surface area contributed by atoms with Crippen molar-refractivity contribution < 1.29 is 4.74 Å². The number of nitrogens with one attached hydrogen (secondary N) is 1. The molecule has 2 atom stereocenters. The van der Waals surface area contributed by atoms with Gasteiger partial charge in [-0.2, -0.15) is 11.8 Å². The number of hydrogen-bond acceptors (Lipinski definition) is 4. The number of thioether (sulfide) groups is 1. The van der Waals surface area contributed by atoms with Crippen molar-refractivity contribution in [3.05, 3.63) is 0 Å². The lowest BCUT2D eigenvalue weighted by atomic mass is 10.0. The van der Waals surface area contributed by atoms with E-state index in [9.17, 15) is 0 Å². The minimum Gasteiger partial charge on any atom is -0.379 e. The van der Waals surface area contributed by atoms with Crippen LogP contribution in [-0.2, 0) is 4.74 Å². The smallest absolute Gasteiger partial charge is 0.0623 e. The second-order valence-electron chi connectivity index (χ2n) is 4.46. The van der Waals surface area contributed by atoms with Crippen LogP contribution in [0, 0.1) is 5.92 Å². The zero-order chi connectivity index (χ0) is 10.5. The van der Waals surface area contributed by atoms with Crippen LogP contribution in [0.4, 0.5) is 0 Å². The van der Waals surface area contributed by atoms with Crippen LogP contribution in [0.2, 0.25) is 0 Å². The largest absolute Gasteiger partial charge is 0.379 e. The number of rotatable bonds is 3. The van der Waals surface area contributed by atoms with Crippen LogP contribution in [0.15, 0.2) is 0 Å². The quantitative estimate of drug-likeness (QED) is 0.770. The summed E-state index contributed by atoms with van der Waals surface area (Å²) in [6.07, 6.45) is 1.35. The highest BCUT2D eigenvalue weighted by molar-refractivity contribution is 7.99. The summed E-state index contributed by atoms with van der Waals surface area (Å²) in [4.78, 5) is 2.61. The maximum absolute atomic E-state index is 5.54. The fraction of sp³-hybridized carbons (Fsp3) is 1.00. The molecule has 2 rings (SSSR count). The van der Waals surface area contributed by atoms with E-state index >= 15 is 0 Å². The van der Waals surface area contributed by atoms with E-state index in [0.717, 1.165) is 13.2 Å². The number of nitrogens with zero attached hydrogens (tertiary/aromatic N) is 1. The molecule has 0 aromatic rings. The third-order valence-corrected chi connectivity index (χ3v) is 4.43. The molecule has 0 aromatic heterocycles. The number of likely N-dealkylation sites (N-methyl/N-ethyl adjacent to an activating group) is 1. The van der Waals surface area contributed by atoms with Gasteiger partial charge < -0.3 is 15.0 Å². The van der Waals surface area contributed by atoms with Gasteiger partial charge in [-0.1, -0.05) is 0 Å². The third-order valence-electron chi connectivity index (χ3n) is 3.38. The lowest BCUT2D eigenvalue weighted by molar-refractivity contribution is 0.169. The minimum atomic E-state index is 0.570. The van der Waals surface area contributed by atoms with E-state index in [2.05, 4.69) is 22.0 Å². The minimum absolute atomic E-state index is 0.570. The molecule has 0 aromatic carbocycles. The van der Waals surface area contributed by atoms with E-state index in [-0.39, 0.29) is 0 Å². The van der Waals surface area contributed by atoms with Crippen molar-refractivity contribution in [2.24, 2.45) is 5.92 Å². The highest BCUT2D eigenvalue weighted by Crippen LogP contribution is 2.17. The van der Waals surface area contributed by atoms with Crippen LogP contribution < -0.4 is 5.32 Å². The zero-order valence-electron chi connectivity index (χ0n) is 9.58. The molecule has 15 heavy (non-hydrogen) atoms. The Bertz CT molecular complexity index is 183. The fourth-order valence-corrected chi connectivity index (χ4v) is 3.33. The molecule has 88 valence electrons. The monoisotopic (exact) mass is 230 g/mol. The van der Waals surface area contributed by atoms with Gasteiger partial charge in [-0.05, 0) is 25.8 Å². The van der Waals surface area contributed by atoms with Gasteiger partial charge >= 0.3 is 0 Å². The van der Waals surface area contributed by atoms with Gasteiger partial charge in [0.15, 0.2) is 0 Å². The maximum atomic E-state index is 5.54. The van der Waals surface area contributed by atoms with Gasteiger partial charge in [0.05, 0.1) is 13.2 Å². The van der Waals surface area contributed by atoms with Crippen molar-refractivity contribution in [3.63, 3.8) is 0 Å². The fourth-order valence-electron chi connectivity index (χ4n) is 2.41. The average Bonchev–Trinajstić information content (AvgIpc) is 2.53. The average molecular weight is 230 g/mol. The molecule has 0 aliphatic carbocycles. The first-order valence-corrected chi connectivity index (χ1v) is 7.10. The molecule has 2 saturated heterocycles. The van der Waals surface area contributed by atoms with E-state index in [4.69, 9.17) is 4.74 Å². The van der Waals surface area contributed by atoms with Crippen LogP contribution in [0.5, 0.6) is 0 Å². The van der Waals surface area contributed by atoms with Crippen molar-refractivity contribution in [1.29, 1.82) is 0 Å². The Balaban J connectivity index is 1.78. The Hall–Kier alpha value is 0.230. The van der Waals surface area contributed by atoms with Crippen molar-refractivity contribution in [2.75, 3.05) is 51.4 Å². The SMILES string of the molecule is CNC1COCC1CN1CCCSCC1. The summed E-state index contributed by atoms with van der Waals surface area (Å²) in [6, 6.07) is 0.570. The molecule has 2 aliphatic heterocycles. The molecule has 3 nitrogen and oxygen atoms in total. The summed E-state index contributed by atoms with van der Waals surface area (Å²) in [5, 5.41) is 3.36. The first kappa shape index (κ1) is 11.7. The molecule has 0 radical (unpaired) electrons. The highest BCUT2D eigenvalue weighted by atomic mass is 32.2. The number of ether oxygens (including phenoxy) is 1.